The molecule has 0 saturated carbocycles. The number of halogens is 1. The summed E-state index contributed by atoms with van der Waals surface area (Å²) in [6, 6.07) is 7.52. The number of hydrogen-bond donors (Lipinski definition) is 1. The van der Waals surface area contributed by atoms with Crippen molar-refractivity contribution in [3.05, 3.63) is 41.2 Å². The highest BCUT2D eigenvalue weighted by atomic mass is 35.5. The Bertz CT molecular complexity index is 617. The lowest BCUT2D eigenvalue weighted by molar-refractivity contribution is 0.0940. The summed E-state index contributed by atoms with van der Waals surface area (Å²) in [6.45, 7) is 6.84. The molecule has 0 fully saturated rings. The zero-order valence-electron chi connectivity index (χ0n) is 11.3. The third kappa shape index (κ3) is 3.24. The van der Waals surface area contributed by atoms with E-state index < -0.39 is 0 Å². The number of nitrogens with one attached hydrogen (secondary N) is 1. The molecule has 0 aliphatic rings. The topological polar surface area (TPSA) is 42.0 Å². The molecule has 1 heterocycles. The number of fused-ring (bicyclic) bond motifs is 1. The Morgan fingerprint density at radius 1 is 1.26 bits per heavy atom. The number of aromatic nitrogens is 1. The number of carbonyl (C=O) groups is 1. The summed E-state index contributed by atoms with van der Waals surface area (Å²) in [4.78, 5) is 16.3. The van der Waals surface area contributed by atoms with E-state index >= 15 is 0 Å². The molecular weight excluding hydrogens is 260 g/mol. The van der Waals surface area contributed by atoms with E-state index in [1.807, 2.05) is 24.3 Å². The Hall–Kier alpha value is -1.61. The summed E-state index contributed by atoms with van der Waals surface area (Å²) in [7, 11) is 0. The van der Waals surface area contributed by atoms with Gasteiger partial charge in [-0.2, -0.15) is 0 Å². The van der Waals surface area contributed by atoms with Crippen molar-refractivity contribution in [1.29, 1.82) is 0 Å². The lowest BCUT2D eigenvalue weighted by Crippen LogP contribution is -2.32. The van der Waals surface area contributed by atoms with Gasteiger partial charge in [-0.05, 0) is 10.8 Å². The lowest BCUT2D eigenvalue weighted by Gasteiger charge is -2.19. The third-order valence-electron chi connectivity index (χ3n) is 2.77. The maximum absolute atomic E-state index is 12.2. The fourth-order valence-electron chi connectivity index (χ4n) is 1.78. The maximum atomic E-state index is 12.2. The van der Waals surface area contributed by atoms with Gasteiger partial charge in [-0.15, -0.1) is 0 Å². The molecule has 100 valence electrons. The predicted octanol–water partition coefficient (Wildman–Crippen LogP) is 3.66. The molecule has 4 heteroatoms. The number of carbonyl (C=O) groups excluding carboxylic acids is 1. The quantitative estimate of drug-likeness (QED) is 0.851. The number of benzene rings is 1. The van der Waals surface area contributed by atoms with Crippen LogP contribution in [0.4, 0.5) is 0 Å². The SMILES string of the molecule is CC(C)(C)CNC(=O)c1cnc(Cl)c2ccccc12. The van der Waals surface area contributed by atoms with Crippen LogP contribution in [0.15, 0.2) is 30.5 Å². The van der Waals surface area contributed by atoms with Crippen LogP contribution in [-0.2, 0) is 0 Å². The Balaban J connectivity index is 2.35. The Labute approximate surface area is 118 Å². The van der Waals surface area contributed by atoms with Crippen LogP contribution in [0.1, 0.15) is 31.1 Å². The minimum absolute atomic E-state index is 0.0469. The van der Waals surface area contributed by atoms with Crippen LogP contribution in [0, 0.1) is 5.41 Å². The number of rotatable bonds is 2. The minimum Gasteiger partial charge on any atom is -0.351 e. The van der Waals surface area contributed by atoms with E-state index in [1.54, 1.807) is 0 Å². The molecule has 0 bridgehead atoms. The van der Waals surface area contributed by atoms with Crippen molar-refractivity contribution in [3.63, 3.8) is 0 Å². The van der Waals surface area contributed by atoms with E-state index in [2.05, 4.69) is 31.1 Å². The van der Waals surface area contributed by atoms with E-state index in [0.29, 0.717) is 17.3 Å². The van der Waals surface area contributed by atoms with Crippen LogP contribution in [-0.4, -0.2) is 17.4 Å². The van der Waals surface area contributed by atoms with Crippen molar-refractivity contribution < 1.29 is 4.79 Å². The van der Waals surface area contributed by atoms with Crippen LogP contribution in [0.5, 0.6) is 0 Å². The summed E-state index contributed by atoms with van der Waals surface area (Å²) >= 11 is 6.04. The zero-order valence-corrected chi connectivity index (χ0v) is 12.1. The fraction of sp³-hybridized carbons (Fsp3) is 0.333. The highest BCUT2D eigenvalue weighted by Crippen LogP contribution is 2.24. The van der Waals surface area contributed by atoms with Gasteiger partial charge >= 0.3 is 0 Å². The molecule has 0 radical (unpaired) electrons. The molecule has 0 saturated heterocycles. The largest absolute Gasteiger partial charge is 0.351 e. The van der Waals surface area contributed by atoms with Gasteiger partial charge in [0.15, 0.2) is 0 Å². The van der Waals surface area contributed by atoms with Gasteiger partial charge in [-0.3, -0.25) is 4.79 Å². The molecule has 0 aliphatic carbocycles. The lowest BCUT2D eigenvalue weighted by atomic mass is 9.97. The van der Waals surface area contributed by atoms with Gasteiger partial charge < -0.3 is 5.32 Å². The van der Waals surface area contributed by atoms with Gasteiger partial charge in [0, 0.05) is 18.1 Å². The highest BCUT2D eigenvalue weighted by Gasteiger charge is 2.16. The predicted molar refractivity (Wildman–Crippen MR) is 78.5 cm³/mol. The summed E-state index contributed by atoms with van der Waals surface area (Å²) in [5.41, 5.74) is 0.606. The second-order valence-corrected chi connectivity index (χ2v) is 6.11. The summed E-state index contributed by atoms with van der Waals surface area (Å²) in [6.07, 6.45) is 1.53. The summed E-state index contributed by atoms with van der Waals surface area (Å²) in [5, 5.41) is 4.97. The first-order valence-electron chi connectivity index (χ1n) is 6.20. The molecule has 0 atom stereocenters. The van der Waals surface area contributed by atoms with Crippen molar-refractivity contribution >= 4 is 28.3 Å². The molecule has 1 aromatic heterocycles. The van der Waals surface area contributed by atoms with E-state index in [4.69, 9.17) is 11.6 Å². The molecule has 3 nitrogen and oxygen atoms in total. The average molecular weight is 277 g/mol. The van der Waals surface area contributed by atoms with Gasteiger partial charge in [0.1, 0.15) is 5.15 Å². The standard InChI is InChI=1S/C15H17ClN2O/c1-15(2,3)9-18-14(19)12-8-17-13(16)11-7-5-4-6-10(11)12/h4-8H,9H2,1-3H3,(H,18,19). The van der Waals surface area contributed by atoms with Crippen molar-refractivity contribution in [3.8, 4) is 0 Å². The van der Waals surface area contributed by atoms with Crippen LogP contribution < -0.4 is 5.32 Å². The molecule has 1 N–H and O–H groups in total. The first-order chi connectivity index (χ1) is 8.88. The van der Waals surface area contributed by atoms with Crippen LogP contribution in [0.25, 0.3) is 10.8 Å². The number of amides is 1. The normalized spacial score (nSPS) is 11.6. The van der Waals surface area contributed by atoms with Gasteiger partial charge in [0.25, 0.3) is 5.91 Å². The molecular formula is C15H17ClN2O. The summed E-state index contributed by atoms with van der Waals surface area (Å²) < 4.78 is 0. The van der Waals surface area contributed by atoms with Crippen molar-refractivity contribution in [2.45, 2.75) is 20.8 Å². The number of pyridine rings is 1. The molecule has 1 aromatic carbocycles. The molecule has 2 aromatic rings. The molecule has 0 spiro atoms. The van der Waals surface area contributed by atoms with E-state index in [9.17, 15) is 4.79 Å². The van der Waals surface area contributed by atoms with Gasteiger partial charge in [-0.1, -0.05) is 56.6 Å². The second-order valence-electron chi connectivity index (χ2n) is 5.75. The number of nitrogens with zero attached hydrogens (tertiary/aromatic N) is 1. The van der Waals surface area contributed by atoms with E-state index in [-0.39, 0.29) is 11.3 Å². The van der Waals surface area contributed by atoms with Gasteiger partial charge in [-0.25, -0.2) is 4.98 Å². The molecule has 0 unspecified atom stereocenters. The third-order valence-corrected chi connectivity index (χ3v) is 3.07. The van der Waals surface area contributed by atoms with Crippen molar-refractivity contribution in [2.75, 3.05) is 6.54 Å². The van der Waals surface area contributed by atoms with Crippen molar-refractivity contribution in [2.24, 2.45) is 5.41 Å². The van der Waals surface area contributed by atoms with Crippen LogP contribution in [0.2, 0.25) is 5.15 Å². The monoisotopic (exact) mass is 276 g/mol. The van der Waals surface area contributed by atoms with Crippen LogP contribution >= 0.6 is 11.6 Å². The highest BCUT2D eigenvalue weighted by molar-refractivity contribution is 6.34. The summed E-state index contributed by atoms with van der Waals surface area (Å²) in [5.74, 6) is -0.115. The fourth-order valence-corrected chi connectivity index (χ4v) is 1.99. The molecule has 1 amide bonds. The van der Waals surface area contributed by atoms with E-state index in [1.165, 1.54) is 6.20 Å². The smallest absolute Gasteiger partial charge is 0.253 e. The number of hydrogen-bond acceptors (Lipinski definition) is 2. The Kier molecular flexibility index (Phi) is 3.76. The molecule has 2 rings (SSSR count). The van der Waals surface area contributed by atoms with E-state index in [0.717, 1.165) is 10.8 Å². The van der Waals surface area contributed by atoms with Gasteiger partial charge in [0.05, 0.1) is 5.56 Å². The van der Waals surface area contributed by atoms with Gasteiger partial charge in [0.2, 0.25) is 0 Å². The second kappa shape index (κ2) is 5.17. The maximum Gasteiger partial charge on any atom is 0.253 e. The Morgan fingerprint density at radius 2 is 1.89 bits per heavy atom. The average Bonchev–Trinajstić information content (AvgIpc) is 2.36. The zero-order chi connectivity index (χ0) is 14.0. The molecule has 19 heavy (non-hydrogen) atoms. The van der Waals surface area contributed by atoms with Crippen LogP contribution in [0.3, 0.4) is 0 Å². The Morgan fingerprint density at radius 3 is 2.53 bits per heavy atom. The first-order valence-corrected chi connectivity index (χ1v) is 6.58. The first kappa shape index (κ1) is 13.8. The molecule has 0 aliphatic heterocycles. The minimum atomic E-state index is -0.115. The van der Waals surface area contributed by atoms with Crippen molar-refractivity contribution in [1.82, 2.24) is 10.3 Å².